The van der Waals surface area contributed by atoms with E-state index < -0.39 is 12.0 Å². The second-order valence-corrected chi connectivity index (χ2v) is 4.98. The molecule has 116 valence electrons. The Balaban J connectivity index is 2.14. The number of amides is 3. The van der Waals surface area contributed by atoms with Gasteiger partial charge in [0.1, 0.15) is 6.04 Å². The van der Waals surface area contributed by atoms with Gasteiger partial charge in [-0.25, -0.2) is 4.79 Å². The van der Waals surface area contributed by atoms with Crippen molar-refractivity contribution < 1.29 is 24.3 Å². The zero-order valence-corrected chi connectivity index (χ0v) is 12.3. The molecule has 21 heavy (non-hydrogen) atoms. The second-order valence-electron chi connectivity index (χ2n) is 4.61. The highest BCUT2D eigenvalue weighted by Crippen LogP contribution is 2.07. The van der Waals surface area contributed by atoms with Crippen molar-refractivity contribution in [2.24, 2.45) is 0 Å². The molecule has 0 aromatic rings. The predicted octanol–water partition coefficient (Wildman–Crippen LogP) is -0.0290. The van der Waals surface area contributed by atoms with Crippen LogP contribution in [-0.4, -0.2) is 52.0 Å². The molecule has 2 N–H and O–H groups in total. The highest BCUT2D eigenvalue weighted by molar-refractivity contribution is 7.80. The van der Waals surface area contributed by atoms with Gasteiger partial charge >= 0.3 is 5.97 Å². The smallest absolute Gasteiger partial charge is 0.327 e. The third-order valence-electron chi connectivity index (χ3n) is 3.00. The number of carbonyl (C=O) groups excluding carboxylic acids is 3. The van der Waals surface area contributed by atoms with Gasteiger partial charge in [0.15, 0.2) is 0 Å². The molecule has 1 aliphatic rings. The molecule has 1 atom stereocenters. The number of thiol groups is 1. The van der Waals surface area contributed by atoms with Crippen molar-refractivity contribution in [2.45, 2.75) is 31.7 Å². The molecule has 0 spiro atoms. The van der Waals surface area contributed by atoms with Crippen LogP contribution in [0.2, 0.25) is 0 Å². The number of aliphatic carboxylic acids is 1. The number of carboxylic acid groups (broad SMARTS) is 1. The number of unbranched alkanes of at least 4 members (excludes halogenated alkanes) is 2. The molecule has 0 saturated carbocycles. The summed E-state index contributed by atoms with van der Waals surface area (Å²) in [5.74, 6) is -2.04. The summed E-state index contributed by atoms with van der Waals surface area (Å²) in [6, 6.07) is -0.980. The third-order valence-corrected chi connectivity index (χ3v) is 3.37. The van der Waals surface area contributed by atoms with E-state index in [0.29, 0.717) is 25.8 Å². The van der Waals surface area contributed by atoms with E-state index in [0.717, 1.165) is 4.90 Å². The third kappa shape index (κ3) is 5.58. The van der Waals surface area contributed by atoms with Crippen LogP contribution in [0.15, 0.2) is 12.2 Å². The van der Waals surface area contributed by atoms with Crippen molar-refractivity contribution in [2.75, 3.05) is 12.3 Å². The summed E-state index contributed by atoms with van der Waals surface area (Å²) in [4.78, 5) is 45.9. The van der Waals surface area contributed by atoms with Crippen LogP contribution >= 0.6 is 12.6 Å². The van der Waals surface area contributed by atoms with Crippen LogP contribution in [0.5, 0.6) is 0 Å². The lowest BCUT2D eigenvalue weighted by Gasteiger charge is -2.13. The molecule has 0 aromatic carbocycles. The maximum atomic E-state index is 11.5. The van der Waals surface area contributed by atoms with Crippen LogP contribution < -0.4 is 5.32 Å². The van der Waals surface area contributed by atoms with Crippen LogP contribution in [0.3, 0.4) is 0 Å². The molecule has 0 bridgehead atoms. The SMILES string of the molecule is O=C(CCCCCN1C(=O)C=CC1=O)N[C@@H](CS)C(=O)O. The zero-order valence-electron chi connectivity index (χ0n) is 11.4. The molecule has 3 amide bonds. The van der Waals surface area contributed by atoms with E-state index in [1.54, 1.807) is 0 Å². The van der Waals surface area contributed by atoms with Gasteiger partial charge in [-0.2, -0.15) is 12.6 Å². The van der Waals surface area contributed by atoms with Crippen molar-refractivity contribution in [3.63, 3.8) is 0 Å². The molecular formula is C13H18N2O5S. The standard InChI is InChI=1S/C13H18N2O5S/c16-10(14-9(8-21)13(19)20)4-2-1-3-7-15-11(17)5-6-12(15)18/h5-6,9,21H,1-4,7-8H2,(H,14,16)(H,19,20)/t9-/m0/s1. The Kier molecular flexibility index (Phi) is 6.93. The number of nitrogens with zero attached hydrogens (tertiary/aromatic N) is 1. The normalized spacial score (nSPS) is 15.4. The van der Waals surface area contributed by atoms with Gasteiger partial charge in [0.25, 0.3) is 11.8 Å². The largest absolute Gasteiger partial charge is 0.480 e. The van der Waals surface area contributed by atoms with Crippen molar-refractivity contribution >= 4 is 36.3 Å². The zero-order chi connectivity index (χ0) is 15.8. The van der Waals surface area contributed by atoms with E-state index in [-0.39, 0.29) is 29.9 Å². The fraction of sp³-hybridized carbons (Fsp3) is 0.538. The number of hydrogen-bond donors (Lipinski definition) is 3. The summed E-state index contributed by atoms with van der Waals surface area (Å²) >= 11 is 3.85. The maximum Gasteiger partial charge on any atom is 0.327 e. The van der Waals surface area contributed by atoms with E-state index in [4.69, 9.17) is 5.11 Å². The Morgan fingerprint density at radius 1 is 1.19 bits per heavy atom. The Labute approximate surface area is 127 Å². The number of carbonyl (C=O) groups is 4. The first kappa shape index (κ1) is 17.2. The van der Waals surface area contributed by atoms with Crippen LogP contribution in [0, 0.1) is 0 Å². The molecule has 0 radical (unpaired) electrons. The Bertz CT molecular complexity index is 445. The topological polar surface area (TPSA) is 104 Å². The van der Waals surface area contributed by atoms with Crippen LogP contribution in [0.25, 0.3) is 0 Å². The summed E-state index contributed by atoms with van der Waals surface area (Å²) in [6.07, 6.45) is 4.52. The molecule has 1 heterocycles. The second kappa shape index (κ2) is 8.46. The quantitative estimate of drug-likeness (QED) is 0.315. The van der Waals surface area contributed by atoms with Gasteiger partial charge in [0, 0.05) is 30.9 Å². The minimum Gasteiger partial charge on any atom is -0.480 e. The van der Waals surface area contributed by atoms with Crippen molar-refractivity contribution in [3.05, 3.63) is 12.2 Å². The average molecular weight is 314 g/mol. The molecule has 8 heteroatoms. The Morgan fingerprint density at radius 3 is 2.33 bits per heavy atom. The summed E-state index contributed by atoms with van der Waals surface area (Å²) < 4.78 is 0. The number of nitrogens with one attached hydrogen (secondary N) is 1. The van der Waals surface area contributed by atoms with Crippen LogP contribution in [0.4, 0.5) is 0 Å². The monoisotopic (exact) mass is 314 g/mol. The number of imide groups is 1. The molecule has 0 aromatic heterocycles. The van der Waals surface area contributed by atoms with Crippen molar-refractivity contribution in [1.82, 2.24) is 10.2 Å². The first-order valence-corrected chi connectivity index (χ1v) is 7.25. The van der Waals surface area contributed by atoms with Gasteiger partial charge < -0.3 is 10.4 Å². The molecule has 0 unspecified atom stereocenters. The van der Waals surface area contributed by atoms with Gasteiger partial charge in [-0.1, -0.05) is 6.42 Å². The fourth-order valence-corrected chi connectivity index (χ4v) is 2.08. The minimum atomic E-state index is -1.11. The van der Waals surface area contributed by atoms with Gasteiger partial charge in [-0.05, 0) is 12.8 Å². The highest BCUT2D eigenvalue weighted by Gasteiger charge is 2.22. The molecule has 0 fully saturated rings. The van der Waals surface area contributed by atoms with E-state index in [1.807, 2.05) is 0 Å². The molecule has 0 saturated heterocycles. The lowest BCUT2D eigenvalue weighted by Crippen LogP contribution is -2.42. The van der Waals surface area contributed by atoms with E-state index >= 15 is 0 Å². The molecule has 0 aliphatic carbocycles. The number of rotatable bonds is 9. The summed E-state index contributed by atoms with van der Waals surface area (Å²) in [5.41, 5.74) is 0. The van der Waals surface area contributed by atoms with Crippen LogP contribution in [-0.2, 0) is 19.2 Å². The summed E-state index contributed by atoms with van der Waals surface area (Å²) in [7, 11) is 0. The van der Waals surface area contributed by atoms with Crippen LogP contribution in [0.1, 0.15) is 25.7 Å². The number of hydrogen-bond acceptors (Lipinski definition) is 5. The molecule has 1 rings (SSSR count). The average Bonchev–Trinajstić information content (AvgIpc) is 2.75. The summed E-state index contributed by atoms with van der Waals surface area (Å²) in [6.45, 7) is 0.334. The molecular weight excluding hydrogens is 296 g/mol. The fourth-order valence-electron chi connectivity index (χ4n) is 1.84. The van der Waals surface area contributed by atoms with Gasteiger partial charge in [0.2, 0.25) is 5.91 Å². The Morgan fingerprint density at radius 2 is 1.81 bits per heavy atom. The predicted molar refractivity (Wildman–Crippen MR) is 77.7 cm³/mol. The van der Waals surface area contributed by atoms with Crippen molar-refractivity contribution in [1.29, 1.82) is 0 Å². The number of carboxylic acids is 1. The lowest BCUT2D eigenvalue weighted by molar-refractivity contribution is -0.141. The van der Waals surface area contributed by atoms with E-state index in [9.17, 15) is 19.2 Å². The summed E-state index contributed by atoms with van der Waals surface area (Å²) in [5, 5.41) is 11.1. The first-order chi connectivity index (χ1) is 9.95. The molecule has 7 nitrogen and oxygen atoms in total. The first-order valence-electron chi connectivity index (χ1n) is 6.62. The van der Waals surface area contributed by atoms with Gasteiger partial charge in [-0.3, -0.25) is 19.3 Å². The Hall–Kier alpha value is -1.83. The highest BCUT2D eigenvalue weighted by atomic mass is 32.1. The minimum absolute atomic E-state index is 0.0350. The van der Waals surface area contributed by atoms with Crippen molar-refractivity contribution in [3.8, 4) is 0 Å². The maximum absolute atomic E-state index is 11.5. The van der Waals surface area contributed by atoms with Gasteiger partial charge in [0.05, 0.1) is 0 Å². The van der Waals surface area contributed by atoms with Gasteiger partial charge in [-0.15, -0.1) is 0 Å². The van der Waals surface area contributed by atoms with E-state index in [2.05, 4.69) is 17.9 Å². The van der Waals surface area contributed by atoms with E-state index in [1.165, 1.54) is 12.2 Å². The molecule has 1 aliphatic heterocycles. The lowest BCUT2D eigenvalue weighted by atomic mass is 10.1.